The summed E-state index contributed by atoms with van der Waals surface area (Å²) in [6.45, 7) is 0. The molecule has 5 heteroatoms. The molecule has 0 aliphatic heterocycles. The third kappa shape index (κ3) is 3.87. The number of amides is 1. The van der Waals surface area contributed by atoms with Crippen molar-refractivity contribution in [3.05, 3.63) is 83.6 Å². The zero-order valence-electron chi connectivity index (χ0n) is 12.1. The highest BCUT2D eigenvalue weighted by molar-refractivity contribution is 6.32. The van der Waals surface area contributed by atoms with Gasteiger partial charge in [-0.15, -0.1) is 0 Å². The van der Waals surface area contributed by atoms with Crippen LogP contribution in [-0.2, 0) is 0 Å². The largest absolute Gasteiger partial charge is 0.456 e. The number of aromatic nitrogens is 1. The first kappa shape index (κ1) is 15.1. The number of hydrogen-bond donors (Lipinski definition) is 1. The SMILES string of the molecule is O=C(Nc1ccc(Oc2ccccc2Cl)cc1)c1ccccn1. The smallest absolute Gasteiger partial charge is 0.274 e. The van der Waals surface area contributed by atoms with Gasteiger partial charge in [-0.3, -0.25) is 9.78 Å². The van der Waals surface area contributed by atoms with E-state index in [1.807, 2.05) is 12.1 Å². The minimum atomic E-state index is -0.259. The number of rotatable bonds is 4. The number of carbonyl (C=O) groups is 1. The summed E-state index contributed by atoms with van der Waals surface area (Å²) in [5.74, 6) is 0.957. The Morgan fingerprint density at radius 1 is 0.957 bits per heavy atom. The molecule has 1 aromatic heterocycles. The van der Waals surface area contributed by atoms with Crippen molar-refractivity contribution < 1.29 is 9.53 Å². The number of benzene rings is 2. The zero-order valence-corrected chi connectivity index (χ0v) is 12.8. The summed E-state index contributed by atoms with van der Waals surface area (Å²) in [6, 6.07) is 19.5. The zero-order chi connectivity index (χ0) is 16.1. The molecule has 0 saturated heterocycles. The van der Waals surface area contributed by atoms with Gasteiger partial charge in [0.05, 0.1) is 5.02 Å². The van der Waals surface area contributed by atoms with Gasteiger partial charge >= 0.3 is 0 Å². The number of hydrogen-bond acceptors (Lipinski definition) is 3. The fraction of sp³-hybridized carbons (Fsp3) is 0. The molecular weight excluding hydrogens is 312 g/mol. The fourth-order valence-corrected chi connectivity index (χ4v) is 2.13. The van der Waals surface area contributed by atoms with E-state index in [0.29, 0.717) is 27.9 Å². The molecule has 1 heterocycles. The third-order valence-electron chi connectivity index (χ3n) is 3.07. The average molecular weight is 325 g/mol. The average Bonchev–Trinajstić information content (AvgIpc) is 2.59. The van der Waals surface area contributed by atoms with Crippen molar-refractivity contribution in [1.82, 2.24) is 4.98 Å². The van der Waals surface area contributed by atoms with Crippen molar-refractivity contribution in [3.8, 4) is 11.5 Å². The molecule has 0 spiro atoms. The standard InChI is InChI=1S/C18H13ClN2O2/c19-15-5-1-2-7-17(15)23-14-10-8-13(9-11-14)21-18(22)16-6-3-4-12-20-16/h1-12H,(H,21,22). The van der Waals surface area contributed by atoms with E-state index in [0.717, 1.165) is 0 Å². The number of halogens is 1. The molecular formula is C18H13ClN2O2. The van der Waals surface area contributed by atoms with Gasteiger partial charge in [-0.2, -0.15) is 0 Å². The fourth-order valence-electron chi connectivity index (χ4n) is 1.95. The lowest BCUT2D eigenvalue weighted by Crippen LogP contribution is -2.13. The Morgan fingerprint density at radius 3 is 2.39 bits per heavy atom. The lowest BCUT2D eigenvalue weighted by Gasteiger charge is -2.09. The van der Waals surface area contributed by atoms with Gasteiger partial charge in [0.25, 0.3) is 5.91 Å². The van der Waals surface area contributed by atoms with Crippen LogP contribution in [0.25, 0.3) is 0 Å². The maximum Gasteiger partial charge on any atom is 0.274 e. The normalized spacial score (nSPS) is 10.1. The van der Waals surface area contributed by atoms with Crippen molar-refractivity contribution in [2.45, 2.75) is 0 Å². The number of pyridine rings is 1. The Hall–Kier alpha value is -2.85. The molecule has 0 radical (unpaired) electrons. The van der Waals surface area contributed by atoms with Crippen molar-refractivity contribution in [2.24, 2.45) is 0 Å². The molecule has 0 bridgehead atoms. The molecule has 3 rings (SSSR count). The third-order valence-corrected chi connectivity index (χ3v) is 3.39. The van der Waals surface area contributed by atoms with E-state index in [1.165, 1.54) is 0 Å². The first-order valence-corrected chi connectivity index (χ1v) is 7.35. The van der Waals surface area contributed by atoms with Crippen LogP contribution in [0.5, 0.6) is 11.5 Å². The van der Waals surface area contributed by atoms with Crippen LogP contribution in [0.1, 0.15) is 10.5 Å². The molecule has 0 aliphatic rings. The Balaban J connectivity index is 1.68. The molecule has 0 unspecified atom stereocenters. The Bertz CT molecular complexity index is 805. The first-order valence-electron chi connectivity index (χ1n) is 6.97. The number of carbonyl (C=O) groups excluding carboxylic acids is 1. The van der Waals surface area contributed by atoms with Crippen molar-refractivity contribution in [1.29, 1.82) is 0 Å². The van der Waals surface area contributed by atoms with Crippen LogP contribution in [-0.4, -0.2) is 10.9 Å². The van der Waals surface area contributed by atoms with Crippen LogP contribution in [0.2, 0.25) is 5.02 Å². The van der Waals surface area contributed by atoms with Gasteiger partial charge in [-0.1, -0.05) is 29.8 Å². The molecule has 1 amide bonds. The van der Waals surface area contributed by atoms with Crippen molar-refractivity contribution in [2.75, 3.05) is 5.32 Å². The van der Waals surface area contributed by atoms with E-state index < -0.39 is 0 Å². The molecule has 0 atom stereocenters. The molecule has 1 N–H and O–H groups in total. The number of nitrogens with zero attached hydrogens (tertiary/aromatic N) is 1. The van der Waals surface area contributed by atoms with Crippen LogP contribution in [0.3, 0.4) is 0 Å². The maximum absolute atomic E-state index is 12.0. The quantitative estimate of drug-likeness (QED) is 0.751. The highest BCUT2D eigenvalue weighted by atomic mass is 35.5. The van der Waals surface area contributed by atoms with Gasteiger partial charge in [-0.05, 0) is 48.5 Å². The molecule has 114 valence electrons. The van der Waals surface area contributed by atoms with E-state index in [9.17, 15) is 4.79 Å². The second-order valence-electron chi connectivity index (χ2n) is 4.73. The predicted octanol–water partition coefficient (Wildman–Crippen LogP) is 4.78. The molecule has 2 aromatic carbocycles. The Morgan fingerprint density at radius 2 is 1.70 bits per heavy atom. The van der Waals surface area contributed by atoms with E-state index >= 15 is 0 Å². The van der Waals surface area contributed by atoms with E-state index in [-0.39, 0.29) is 5.91 Å². The highest BCUT2D eigenvalue weighted by Crippen LogP contribution is 2.29. The van der Waals surface area contributed by atoms with Crippen LogP contribution < -0.4 is 10.1 Å². The van der Waals surface area contributed by atoms with Gasteiger partial charge in [0.1, 0.15) is 17.2 Å². The van der Waals surface area contributed by atoms with E-state index in [4.69, 9.17) is 16.3 Å². The number of anilines is 1. The summed E-state index contributed by atoms with van der Waals surface area (Å²) in [4.78, 5) is 16.0. The second-order valence-corrected chi connectivity index (χ2v) is 5.13. The second kappa shape index (κ2) is 6.94. The maximum atomic E-state index is 12.0. The molecule has 0 aliphatic carbocycles. The lowest BCUT2D eigenvalue weighted by molar-refractivity contribution is 0.102. The highest BCUT2D eigenvalue weighted by Gasteiger charge is 2.07. The summed E-state index contributed by atoms with van der Waals surface area (Å²) in [6.07, 6.45) is 1.58. The van der Waals surface area contributed by atoms with Crippen molar-refractivity contribution >= 4 is 23.2 Å². The molecule has 4 nitrogen and oxygen atoms in total. The van der Waals surface area contributed by atoms with Crippen LogP contribution in [0.15, 0.2) is 72.9 Å². The van der Waals surface area contributed by atoms with Crippen LogP contribution in [0, 0.1) is 0 Å². The summed E-state index contributed by atoms with van der Waals surface area (Å²) in [5, 5.41) is 3.32. The summed E-state index contributed by atoms with van der Waals surface area (Å²) in [7, 11) is 0. The molecule has 3 aromatic rings. The first-order chi connectivity index (χ1) is 11.2. The lowest BCUT2D eigenvalue weighted by atomic mass is 10.2. The van der Waals surface area contributed by atoms with Gasteiger partial charge < -0.3 is 10.1 Å². The topological polar surface area (TPSA) is 51.2 Å². The van der Waals surface area contributed by atoms with Gasteiger partial charge in [0.2, 0.25) is 0 Å². The van der Waals surface area contributed by atoms with Crippen LogP contribution in [0.4, 0.5) is 5.69 Å². The molecule has 0 saturated carbocycles. The Labute approximate surface area is 138 Å². The van der Waals surface area contributed by atoms with E-state index in [2.05, 4.69) is 10.3 Å². The number of nitrogens with one attached hydrogen (secondary N) is 1. The molecule has 0 fully saturated rings. The molecule has 23 heavy (non-hydrogen) atoms. The monoisotopic (exact) mass is 324 g/mol. The van der Waals surface area contributed by atoms with Crippen LogP contribution >= 0.6 is 11.6 Å². The minimum absolute atomic E-state index is 0.259. The van der Waals surface area contributed by atoms with Gasteiger partial charge in [0, 0.05) is 11.9 Å². The van der Waals surface area contributed by atoms with E-state index in [1.54, 1.807) is 60.8 Å². The summed E-state index contributed by atoms with van der Waals surface area (Å²) >= 11 is 6.05. The number of ether oxygens (including phenoxy) is 1. The van der Waals surface area contributed by atoms with Gasteiger partial charge in [-0.25, -0.2) is 0 Å². The van der Waals surface area contributed by atoms with Crippen molar-refractivity contribution in [3.63, 3.8) is 0 Å². The number of para-hydroxylation sites is 1. The summed E-state index contributed by atoms with van der Waals surface area (Å²) in [5.41, 5.74) is 1.02. The Kier molecular flexibility index (Phi) is 4.54. The predicted molar refractivity (Wildman–Crippen MR) is 90.2 cm³/mol. The van der Waals surface area contributed by atoms with Gasteiger partial charge in [0.15, 0.2) is 0 Å². The summed E-state index contributed by atoms with van der Waals surface area (Å²) < 4.78 is 5.70. The minimum Gasteiger partial charge on any atom is -0.456 e.